The lowest BCUT2D eigenvalue weighted by atomic mass is 9.90. The number of alkyl halides is 3. The van der Waals surface area contributed by atoms with E-state index in [4.69, 9.17) is 5.26 Å². The van der Waals surface area contributed by atoms with E-state index in [1.807, 2.05) is 25.1 Å². The van der Waals surface area contributed by atoms with Crippen LogP contribution in [0.4, 0.5) is 18.9 Å². The van der Waals surface area contributed by atoms with Crippen LogP contribution in [0.5, 0.6) is 0 Å². The van der Waals surface area contributed by atoms with E-state index in [1.165, 1.54) is 6.07 Å². The summed E-state index contributed by atoms with van der Waals surface area (Å²) in [6, 6.07) is 5.73. The molecule has 0 bridgehead atoms. The maximum Gasteiger partial charge on any atom is 0.417 e. The van der Waals surface area contributed by atoms with E-state index in [0.717, 1.165) is 48.8 Å². The summed E-state index contributed by atoms with van der Waals surface area (Å²) < 4.78 is 42.3. The molecule has 1 aliphatic carbocycles. The van der Waals surface area contributed by atoms with Crippen LogP contribution in [0.15, 0.2) is 30.6 Å². The molecule has 29 heavy (non-hydrogen) atoms. The van der Waals surface area contributed by atoms with Gasteiger partial charge in [-0.2, -0.15) is 18.4 Å². The van der Waals surface area contributed by atoms with E-state index >= 15 is 0 Å². The average Bonchev–Trinajstić information content (AvgIpc) is 3.08. The largest absolute Gasteiger partial charge is 0.417 e. The number of aromatic nitrogens is 2. The van der Waals surface area contributed by atoms with Crippen molar-refractivity contribution in [1.82, 2.24) is 9.55 Å². The molecule has 0 spiro atoms. The second-order valence-electron chi connectivity index (χ2n) is 7.25. The molecule has 154 valence electrons. The van der Waals surface area contributed by atoms with Crippen molar-refractivity contribution in [2.75, 3.05) is 11.4 Å². The van der Waals surface area contributed by atoms with Crippen LogP contribution >= 0.6 is 0 Å². The van der Waals surface area contributed by atoms with Crippen molar-refractivity contribution in [2.45, 2.75) is 58.8 Å². The summed E-state index contributed by atoms with van der Waals surface area (Å²) in [6.07, 6.45) is 1.94. The van der Waals surface area contributed by atoms with Crippen molar-refractivity contribution >= 4 is 11.3 Å². The molecule has 1 aromatic heterocycles. The number of halogens is 3. The summed E-state index contributed by atoms with van der Waals surface area (Å²) in [5.41, 5.74) is 2.51. The van der Waals surface area contributed by atoms with Crippen molar-refractivity contribution < 1.29 is 13.2 Å². The van der Waals surface area contributed by atoms with Crippen LogP contribution in [0.3, 0.4) is 0 Å². The molecule has 1 atom stereocenters. The molecule has 7 heteroatoms. The monoisotopic (exact) mass is 402 g/mol. The summed E-state index contributed by atoms with van der Waals surface area (Å²) in [6.45, 7) is 7.49. The molecule has 1 heterocycles. The zero-order valence-electron chi connectivity index (χ0n) is 16.9. The molecule has 0 saturated carbocycles. The predicted octanol–water partition coefficient (Wildman–Crippen LogP) is 5.56. The first-order valence-corrected chi connectivity index (χ1v) is 9.89. The van der Waals surface area contributed by atoms with E-state index in [0.29, 0.717) is 12.2 Å². The fraction of sp³-hybridized carbons (Fsp3) is 0.455. The van der Waals surface area contributed by atoms with Crippen molar-refractivity contribution in [3.05, 3.63) is 53.1 Å². The average molecular weight is 402 g/mol. The van der Waals surface area contributed by atoms with Gasteiger partial charge >= 0.3 is 6.18 Å². The second kappa shape index (κ2) is 8.32. The summed E-state index contributed by atoms with van der Waals surface area (Å²) in [4.78, 5) is 6.57. The molecule has 3 rings (SSSR count). The van der Waals surface area contributed by atoms with Crippen LogP contribution in [0, 0.1) is 18.3 Å². The third-order valence-corrected chi connectivity index (χ3v) is 5.63. The standard InChI is InChI=1S/C22H25F3N4/c1-4-28-14-27-21(15(28)3)16-7-6-8-18(11-16)29(5-2)19-10-9-17(13-26)20(12-19)22(23,24)25/h7,9-10,12,14,18H,4-6,8,11H2,1-3H3. The fourth-order valence-electron chi connectivity index (χ4n) is 4.12. The number of imidazole rings is 1. The van der Waals surface area contributed by atoms with Crippen LogP contribution in [-0.2, 0) is 12.7 Å². The number of hydrogen-bond donors (Lipinski definition) is 0. The Bertz CT molecular complexity index is 950. The van der Waals surface area contributed by atoms with Gasteiger partial charge in [0.1, 0.15) is 0 Å². The molecule has 1 aliphatic rings. The molecule has 0 aliphatic heterocycles. The van der Waals surface area contributed by atoms with E-state index in [-0.39, 0.29) is 11.6 Å². The minimum Gasteiger partial charge on any atom is -0.368 e. The highest BCUT2D eigenvalue weighted by Gasteiger charge is 2.35. The predicted molar refractivity (Wildman–Crippen MR) is 107 cm³/mol. The number of anilines is 1. The number of rotatable bonds is 5. The fourth-order valence-corrected chi connectivity index (χ4v) is 4.12. The Kier molecular flexibility index (Phi) is 6.02. The number of aryl methyl sites for hydroxylation is 1. The lowest BCUT2D eigenvalue weighted by Crippen LogP contribution is -2.36. The van der Waals surface area contributed by atoms with E-state index < -0.39 is 11.7 Å². The van der Waals surface area contributed by atoms with E-state index in [1.54, 1.807) is 12.1 Å². The molecule has 0 saturated heterocycles. The van der Waals surface area contributed by atoms with Gasteiger partial charge in [-0.05, 0) is 63.8 Å². The molecule has 0 radical (unpaired) electrons. The Labute approximate surface area is 169 Å². The Morgan fingerprint density at radius 3 is 2.66 bits per heavy atom. The maximum atomic E-state index is 13.4. The van der Waals surface area contributed by atoms with Crippen molar-refractivity contribution in [1.29, 1.82) is 5.26 Å². The lowest BCUT2D eigenvalue weighted by Gasteiger charge is -2.36. The van der Waals surface area contributed by atoms with Gasteiger partial charge in [0.05, 0.1) is 29.2 Å². The molecule has 1 aromatic carbocycles. The van der Waals surface area contributed by atoms with Gasteiger partial charge in [0.25, 0.3) is 0 Å². The minimum absolute atomic E-state index is 0.0835. The van der Waals surface area contributed by atoms with Gasteiger partial charge in [-0.3, -0.25) is 0 Å². The Hall–Kier alpha value is -2.75. The summed E-state index contributed by atoms with van der Waals surface area (Å²) in [7, 11) is 0. The lowest BCUT2D eigenvalue weighted by molar-refractivity contribution is -0.137. The topological polar surface area (TPSA) is 44.9 Å². The Morgan fingerprint density at radius 1 is 1.31 bits per heavy atom. The van der Waals surface area contributed by atoms with Gasteiger partial charge in [0.15, 0.2) is 0 Å². The molecule has 2 aromatic rings. The van der Waals surface area contributed by atoms with E-state index in [2.05, 4.69) is 22.6 Å². The molecular formula is C22H25F3N4. The van der Waals surface area contributed by atoms with Crippen molar-refractivity contribution in [2.24, 2.45) is 0 Å². The summed E-state index contributed by atoms with van der Waals surface area (Å²) >= 11 is 0. The number of hydrogen-bond acceptors (Lipinski definition) is 3. The van der Waals surface area contributed by atoms with Crippen molar-refractivity contribution in [3.8, 4) is 6.07 Å². The molecule has 1 unspecified atom stereocenters. The van der Waals surface area contributed by atoms with Gasteiger partial charge in [-0.1, -0.05) is 6.08 Å². The van der Waals surface area contributed by atoms with Crippen LogP contribution < -0.4 is 4.90 Å². The van der Waals surface area contributed by atoms with Gasteiger partial charge in [-0.25, -0.2) is 4.98 Å². The van der Waals surface area contributed by atoms with Crippen LogP contribution in [0.25, 0.3) is 5.57 Å². The second-order valence-corrected chi connectivity index (χ2v) is 7.25. The molecule has 4 nitrogen and oxygen atoms in total. The van der Waals surface area contributed by atoms with Gasteiger partial charge in [0.2, 0.25) is 0 Å². The summed E-state index contributed by atoms with van der Waals surface area (Å²) in [5, 5.41) is 9.05. The maximum absolute atomic E-state index is 13.4. The highest BCUT2D eigenvalue weighted by Crippen LogP contribution is 2.37. The van der Waals surface area contributed by atoms with Gasteiger partial charge < -0.3 is 9.47 Å². The van der Waals surface area contributed by atoms with Gasteiger partial charge in [0, 0.05) is 30.5 Å². The minimum atomic E-state index is -4.55. The number of allylic oxidation sites excluding steroid dienone is 1. The Morgan fingerprint density at radius 2 is 2.07 bits per heavy atom. The molecule has 0 fully saturated rings. The number of benzene rings is 1. The Balaban J connectivity index is 1.90. The molecular weight excluding hydrogens is 377 g/mol. The van der Waals surface area contributed by atoms with E-state index in [9.17, 15) is 13.2 Å². The van der Waals surface area contributed by atoms with Gasteiger partial charge in [-0.15, -0.1) is 0 Å². The first-order valence-electron chi connectivity index (χ1n) is 9.89. The zero-order chi connectivity index (χ0) is 21.2. The zero-order valence-corrected chi connectivity index (χ0v) is 16.9. The highest BCUT2D eigenvalue weighted by molar-refractivity contribution is 5.67. The number of nitriles is 1. The van der Waals surface area contributed by atoms with Crippen LogP contribution in [0.2, 0.25) is 0 Å². The van der Waals surface area contributed by atoms with Crippen LogP contribution in [0.1, 0.15) is 55.6 Å². The SMILES string of the molecule is CCN(c1ccc(C#N)c(C(F)(F)F)c1)C1CCC=C(c2ncn(CC)c2C)C1. The third-order valence-electron chi connectivity index (χ3n) is 5.63. The molecule has 0 N–H and O–H groups in total. The highest BCUT2D eigenvalue weighted by atomic mass is 19.4. The number of nitrogens with zero attached hydrogens (tertiary/aromatic N) is 4. The van der Waals surface area contributed by atoms with Crippen molar-refractivity contribution in [3.63, 3.8) is 0 Å². The quantitative estimate of drug-likeness (QED) is 0.657. The summed E-state index contributed by atoms with van der Waals surface area (Å²) in [5.74, 6) is 0. The smallest absolute Gasteiger partial charge is 0.368 e. The normalized spacial score (nSPS) is 17.0. The first kappa shape index (κ1) is 21.0. The van der Waals surface area contributed by atoms with Crippen LogP contribution in [-0.4, -0.2) is 22.1 Å². The molecule has 0 amide bonds. The third kappa shape index (κ3) is 4.16. The first-order chi connectivity index (χ1) is 13.8.